The van der Waals surface area contributed by atoms with Crippen LogP contribution in [0, 0.1) is 0 Å². The lowest BCUT2D eigenvalue weighted by Crippen LogP contribution is -2.22. The van der Waals surface area contributed by atoms with Gasteiger partial charge in [0.05, 0.1) is 0 Å². The zero-order valence-corrected chi connectivity index (χ0v) is 14.8. The number of aryl methyl sites for hydroxylation is 1. The van der Waals surface area contributed by atoms with Crippen LogP contribution in [0.4, 0.5) is 0 Å². The van der Waals surface area contributed by atoms with Gasteiger partial charge < -0.3 is 5.32 Å². The summed E-state index contributed by atoms with van der Waals surface area (Å²) in [6, 6.07) is 17.2. The first kappa shape index (κ1) is 16.7. The molecule has 0 heterocycles. The monoisotopic (exact) mass is 311 g/mol. The summed E-state index contributed by atoms with van der Waals surface area (Å²) in [4.78, 5) is 0.806. The minimum absolute atomic E-state index is 0.175. The van der Waals surface area contributed by atoms with Crippen molar-refractivity contribution in [3.8, 4) is 0 Å². The molecule has 2 heteroatoms. The number of hydrogen-bond donors (Lipinski definition) is 1. The number of nitrogens with one attached hydrogen (secondary N) is 1. The van der Waals surface area contributed by atoms with Gasteiger partial charge in [-0.05, 0) is 28.5 Å². The third kappa shape index (κ3) is 4.41. The van der Waals surface area contributed by atoms with Crippen LogP contribution in [0.1, 0.15) is 49.9 Å². The van der Waals surface area contributed by atoms with Crippen LogP contribution in [0.3, 0.4) is 0 Å². The number of benzene rings is 2. The van der Waals surface area contributed by atoms with E-state index in [1.54, 1.807) is 0 Å². The van der Waals surface area contributed by atoms with Gasteiger partial charge in [0, 0.05) is 12.1 Å². The van der Waals surface area contributed by atoms with Gasteiger partial charge in [0.2, 0.25) is 0 Å². The van der Waals surface area contributed by atoms with Crippen LogP contribution in [0.5, 0.6) is 0 Å². The Kier molecular flexibility index (Phi) is 5.36. The zero-order chi connectivity index (χ0) is 16.2. The van der Waals surface area contributed by atoms with E-state index >= 15 is 0 Å². The molecule has 2 aromatic carbocycles. The van der Waals surface area contributed by atoms with Crippen molar-refractivity contribution in [2.75, 3.05) is 0 Å². The number of rotatable bonds is 4. The number of hydrogen-bond acceptors (Lipinski definition) is 1. The Labute approximate surface area is 139 Å². The first-order valence-electron chi connectivity index (χ1n) is 7.86. The third-order valence-electron chi connectivity index (χ3n) is 3.90. The highest BCUT2D eigenvalue weighted by molar-refractivity contribution is 7.80. The van der Waals surface area contributed by atoms with Crippen molar-refractivity contribution in [1.29, 1.82) is 0 Å². The summed E-state index contributed by atoms with van der Waals surface area (Å²) in [5.41, 5.74) is 5.20. The van der Waals surface area contributed by atoms with Crippen LogP contribution < -0.4 is 5.32 Å². The molecule has 0 aliphatic carbocycles. The minimum Gasteiger partial charge on any atom is -0.372 e. The van der Waals surface area contributed by atoms with E-state index in [1.807, 2.05) is 0 Å². The Morgan fingerprint density at radius 1 is 0.909 bits per heavy atom. The molecule has 0 aliphatic rings. The van der Waals surface area contributed by atoms with E-state index in [-0.39, 0.29) is 5.41 Å². The van der Waals surface area contributed by atoms with E-state index in [2.05, 4.69) is 81.5 Å². The second kappa shape index (κ2) is 7.06. The highest BCUT2D eigenvalue weighted by Crippen LogP contribution is 2.22. The molecule has 0 bridgehead atoms. The molecular formula is C20H25NS. The molecule has 2 aromatic rings. The molecule has 116 valence electrons. The largest absolute Gasteiger partial charge is 0.372 e. The highest BCUT2D eigenvalue weighted by atomic mass is 32.1. The maximum absolute atomic E-state index is 5.49. The number of thiocarbonyl (C=S) groups is 1. The minimum atomic E-state index is 0.175. The summed E-state index contributed by atoms with van der Waals surface area (Å²) in [7, 11) is 0. The van der Waals surface area contributed by atoms with Crippen molar-refractivity contribution in [1.82, 2.24) is 5.32 Å². The van der Waals surface area contributed by atoms with Gasteiger partial charge in [-0.3, -0.25) is 0 Å². The van der Waals surface area contributed by atoms with Crippen molar-refractivity contribution in [2.24, 2.45) is 0 Å². The second-order valence-corrected chi connectivity index (χ2v) is 7.09. The Morgan fingerprint density at radius 2 is 1.45 bits per heavy atom. The predicted octanol–water partition coefficient (Wildman–Crippen LogP) is 5.01. The fourth-order valence-electron chi connectivity index (χ4n) is 2.30. The summed E-state index contributed by atoms with van der Waals surface area (Å²) in [5.74, 6) is 0. The van der Waals surface area contributed by atoms with Gasteiger partial charge in [0.25, 0.3) is 0 Å². The molecule has 0 amide bonds. The van der Waals surface area contributed by atoms with E-state index < -0.39 is 0 Å². The summed E-state index contributed by atoms with van der Waals surface area (Å²) < 4.78 is 0. The average molecular weight is 311 g/mol. The second-order valence-electron chi connectivity index (χ2n) is 6.68. The maximum atomic E-state index is 5.49. The van der Waals surface area contributed by atoms with Gasteiger partial charge in [-0.2, -0.15) is 0 Å². The highest BCUT2D eigenvalue weighted by Gasteiger charge is 2.13. The summed E-state index contributed by atoms with van der Waals surface area (Å²) >= 11 is 5.49. The van der Waals surface area contributed by atoms with Gasteiger partial charge >= 0.3 is 0 Å². The summed E-state index contributed by atoms with van der Waals surface area (Å²) in [5, 5.41) is 3.34. The van der Waals surface area contributed by atoms with Crippen molar-refractivity contribution >= 4 is 17.2 Å². The third-order valence-corrected chi connectivity index (χ3v) is 4.28. The molecule has 2 rings (SSSR count). The van der Waals surface area contributed by atoms with Gasteiger partial charge in [0.15, 0.2) is 0 Å². The summed E-state index contributed by atoms with van der Waals surface area (Å²) in [6.45, 7) is 9.60. The fourth-order valence-corrected chi connectivity index (χ4v) is 2.51. The lowest BCUT2D eigenvalue weighted by Gasteiger charge is -2.19. The molecule has 0 unspecified atom stereocenters. The van der Waals surface area contributed by atoms with E-state index in [0.29, 0.717) is 0 Å². The molecule has 0 saturated carbocycles. The van der Waals surface area contributed by atoms with Crippen molar-refractivity contribution < 1.29 is 0 Å². The standard InChI is InChI=1S/C20H25NS/c1-5-15-6-8-16(9-7-15)14-21-19(22)17-10-12-18(13-11-17)20(2,3)4/h6-13H,5,14H2,1-4H3,(H,21,22). The molecular weight excluding hydrogens is 286 g/mol. The predicted molar refractivity (Wildman–Crippen MR) is 99.5 cm³/mol. The topological polar surface area (TPSA) is 12.0 Å². The van der Waals surface area contributed by atoms with E-state index in [1.165, 1.54) is 16.7 Å². The van der Waals surface area contributed by atoms with Gasteiger partial charge in [-0.25, -0.2) is 0 Å². The van der Waals surface area contributed by atoms with Gasteiger partial charge in [0.1, 0.15) is 4.99 Å². The van der Waals surface area contributed by atoms with Crippen LogP contribution in [0.2, 0.25) is 0 Å². The average Bonchev–Trinajstić information content (AvgIpc) is 2.52. The van der Waals surface area contributed by atoms with Crippen molar-refractivity contribution in [2.45, 2.75) is 46.1 Å². The Bertz CT molecular complexity index is 618. The molecule has 0 saturated heterocycles. The summed E-state index contributed by atoms with van der Waals surface area (Å²) in [6.07, 6.45) is 1.08. The van der Waals surface area contributed by atoms with Gasteiger partial charge in [-0.1, -0.05) is 88.4 Å². The lowest BCUT2D eigenvalue weighted by molar-refractivity contribution is 0.590. The van der Waals surface area contributed by atoms with Crippen molar-refractivity contribution in [3.05, 3.63) is 70.8 Å². The molecule has 0 radical (unpaired) electrons. The van der Waals surface area contributed by atoms with Crippen LogP contribution >= 0.6 is 12.2 Å². The first-order valence-corrected chi connectivity index (χ1v) is 8.27. The molecule has 0 aliphatic heterocycles. The molecule has 0 spiro atoms. The maximum Gasteiger partial charge on any atom is 0.106 e. The molecule has 0 atom stereocenters. The smallest absolute Gasteiger partial charge is 0.106 e. The lowest BCUT2D eigenvalue weighted by atomic mass is 9.87. The van der Waals surface area contributed by atoms with E-state index in [0.717, 1.165) is 23.5 Å². The SMILES string of the molecule is CCc1ccc(CNC(=S)c2ccc(C(C)(C)C)cc2)cc1. The van der Waals surface area contributed by atoms with Gasteiger partial charge in [-0.15, -0.1) is 0 Å². The van der Waals surface area contributed by atoms with Crippen molar-refractivity contribution in [3.63, 3.8) is 0 Å². The molecule has 22 heavy (non-hydrogen) atoms. The van der Waals surface area contributed by atoms with Crippen LogP contribution in [-0.4, -0.2) is 4.99 Å². The molecule has 1 N–H and O–H groups in total. The van der Waals surface area contributed by atoms with E-state index in [9.17, 15) is 0 Å². The Balaban J connectivity index is 1.97. The Morgan fingerprint density at radius 3 is 1.95 bits per heavy atom. The Hall–Kier alpha value is -1.67. The van der Waals surface area contributed by atoms with Crippen LogP contribution in [-0.2, 0) is 18.4 Å². The normalized spacial score (nSPS) is 11.3. The van der Waals surface area contributed by atoms with E-state index in [4.69, 9.17) is 12.2 Å². The zero-order valence-electron chi connectivity index (χ0n) is 13.9. The molecule has 0 aromatic heterocycles. The fraction of sp³-hybridized carbons (Fsp3) is 0.350. The molecule has 0 fully saturated rings. The quantitative estimate of drug-likeness (QED) is 0.796. The first-order chi connectivity index (χ1) is 10.4. The van der Waals surface area contributed by atoms with Crippen LogP contribution in [0.25, 0.3) is 0 Å². The molecule has 1 nitrogen and oxygen atoms in total. The van der Waals surface area contributed by atoms with Crippen LogP contribution in [0.15, 0.2) is 48.5 Å².